The van der Waals surface area contributed by atoms with Crippen LogP contribution in [-0.2, 0) is 24.8 Å². The van der Waals surface area contributed by atoms with Gasteiger partial charge in [-0.1, -0.05) is 35.4 Å². The van der Waals surface area contributed by atoms with Crippen molar-refractivity contribution < 1.29 is 26.4 Å². The number of benzene rings is 3. The van der Waals surface area contributed by atoms with E-state index in [1.165, 1.54) is 49.6 Å². The summed E-state index contributed by atoms with van der Waals surface area (Å²) in [5.74, 6) is -0.662. The van der Waals surface area contributed by atoms with E-state index in [4.69, 9.17) is 5.73 Å². The molecule has 0 unspecified atom stereocenters. The SMILES string of the molecule is COC(=O)c1ccc(N(NS(=O)(=O)c2ccc(C)cc2)NS(=O)(=O)c2ccc(C)cc2)c(N)c1. The molecule has 0 bridgehead atoms. The first-order valence-corrected chi connectivity index (χ1v) is 12.9. The van der Waals surface area contributed by atoms with Gasteiger partial charge in [0.05, 0.1) is 33.8 Å². The van der Waals surface area contributed by atoms with Crippen molar-refractivity contribution in [2.75, 3.05) is 18.0 Å². The van der Waals surface area contributed by atoms with Gasteiger partial charge in [0.25, 0.3) is 20.0 Å². The summed E-state index contributed by atoms with van der Waals surface area (Å²) in [5.41, 5.74) is 7.71. The molecule has 180 valence electrons. The largest absolute Gasteiger partial charge is 0.465 e. The van der Waals surface area contributed by atoms with Gasteiger partial charge >= 0.3 is 5.97 Å². The lowest BCUT2D eigenvalue weighted by Crippen LogP contribution is -2.53. The first-order valence-electron chi connectivity index (χ1n) is 9.89. The summed E-state index contributed by atoms with van der Waals surface area (Å²) in [6.07, 6.45) is 0. The molecule has 0 amide bonds. The fraction of sp³-hybridized carbons (Fsp3) is 0.136. The fourth-order valence-corrected chi connectivity index (χ4v) is 4.93. The molecule has 3 aromatic rings. The van der Waals surface area contributed by atoms with Gasteiger partial charge in [0.15, 0.2) is 0 Å². The van der Waals surface area contributed by atoms with E-state index in [0.717, 1.165) is 11.1 Å². The van der Waals surface area contributed by atoms with Gasteiger partial charge in [-0.3, -0.25) is 0 Å². The van der Waals surface area contributed by atoms with Crippen molar-refractivity contribution in [3.63, 3.8) is 0 Å². The Bertz CT molecular complexity index is 1330. The van der Waals surface area contributed by atoms with Crippen molar-refractivity contribution in [2.45, 2.75) is 23.6 Å². The Morgan fingerprint density at radius 2 is 1.24 bits per heavy atom. The highest BCUT2D eigenvalue weighted by Gasteiger charge is 2.26. The van der Waals surface area contributed by atoms with Crippen LogP contribution in [0.2, 0.25) is 0 Å². The van der Waals surface area contributed by atoms with Crippen molar-refractivity contribution in [1.82, 2.24) is 9.66 Å². The normalized spacial score (nSPS) is 11.7. The average Bonchev–Trinajstić information content (AvgIpc) is 2.78. The summed E-state index contributed by atoms with van der Waals surface area (Å²) < 4.78 is 56.8. The molecule has 4 N–H and O–H groups in total. The predicted octanol–water partition coefficient (Wildman–Crippen LogP) is 2.27. The van der Waals surface area contributed by atoms with Crippen molar-refractivity contribution in [2.24, 2.45) is 0 Å². The molecule has 0 radical (unpaired) electrons. The van der Waals surface area contributed by atoms with Crippen molar-refractivity contribution in [3.8, 4) is 0 Å². The lowest BCUT2D eigenvalue weighted by molar-refractivity contribution is 0.0600. The number of nitrogens with two attached hydrogens (primary N) is 1. The van der Waals surface area contributed by atoms with Crippen molar-refractivity contribution in [1.29, 1.82) is 0 Å². The molecule has 34 heavy (non-hydrogen) atoms. The third-order valence-corrected chi connectivity index (χ3v) is 7.41. The summed E-state index contributed by atoms with van der Waals surface area (Å²) in [5, 5.41) is 0.681. The highest BCUT2D eigenvalue weighted by molar-refractivity contribution is 7.90. The van der Waals surface area contributed by atoms with E-state index in [0.29, 0.717) is 5.12 Å². The number of hydrazine groups is 2. The van der Waals surface area contributed by atoms with Gasteiger partial charge < -0.3 is 10.5 Å². The summed E-state index contributed by atoms with van der Waals surface area (Å²) in [7, 11) is -7.26. The van der Waals surface area contributed by atoms with Gasteiger partial charge in [0.1, 0.15) is 0 Å². The number of nitrogens with one attached hydrogen (secondary N) is 2. The molecule has 10 nitrogen and oxygen atoms in total. The van der Waals surface area contributed by atoms with Crippen LogP contribution in [0.15, 0.2) is 76.5 Å². The Balaban J connectivity index is 2.05. The minimum atomic E-state index is -4.23. The third kappa shape index (κ3) is 5.72. The lowest BCUT2D eigenvalue weighted by atomic mass is 10.2. The number of methoxy groups -OCH3 is 1. The number of sulfonamides is 2. The molecule has 0 fully saturated rings. The molecule has 0 saturated carbocycles. The van der Waals surface area contributed by atoms with Crippen LogP contribution in [0.1, 0.15) is 21.5 Å². The van der Waals surface area contributed by atoms with Crippen LogP contribution in [-0.4, -0.2) is 29.9 Å². The molecule has 0 aliphatic carbocycles. The molecule has 0 spiro atoms. The third-order valence-electron chi connectivity index (χ3n) is 4.78. The molecule has 3 rings (SSSR count). The topological polar surface area (TPSA) is 148 Å². The molecular weight excluding hydrogens is 480 g/mol. The van der Waals surface area contributed by atoms with Crippen LogP contribution >= 0.6 is 0 Å². The maximum absolute atomic E-state index is 13.0. The van der Waals surface area contributed by atoms with Gasteiger partial charge in [-0.05, 0) is 56.3 Å². The first-order chi connectivity index (χ1) is 15.9. The number of nitrogen functional groups attached to an aromatic ring is 1. The van der Waals surface area contributed by atoms with Gasteiger partial charge in [-0.15, -0.1) is 9.66 Å². The number of hydrogen-bond acceptors (Lipinski definition) is 8. The predicted molar refractivity (Wildman–Crippen MR) is 128 cm³/mol. The van der Waals surface area contributed by atoms with E-state index in [9.17, 15) is 21.6 Å². The Labute approximate surface area is 198 Å². The lowest BCUT2D eigenvalue weighted by Gasteiger charge is -2.26. The number of ether oxygens (including phenoxy) is 1. The minimum Gasteiger partial charge on any atom is -0.465 e. The van der Waals surface area contributed by atoms with E-state index in [1.807, 2.05) is 0 Å². The van der Waals surface area contributed by atoms with Gasteiger partial charge in [0.2, 0.25) is 0 Å². The van der Waals surface area contributed by atoms with E-state index in [-0.39, 0.29) is 26.7 Å². The highest BCUT2D eigenvalue weighted by atomic mass is 32.2. The second-order valence-electron chi connectivity index (χ2n) is 7.42. The van der Waals surface area contributed by atoms with Crippen LogP contribution in [0.25, 0.3) is 0 Å². The molecule has 12 heteroatoms. The monoisotopic (exact) mass is 504 g/mol. The summed E-state index contributed by atoms with van der Waals surface area (Å²) in [6, 6.07) is 15.8. The van der Waals surface area contributed by atoms with Crippen LogP contribution < -0.4 is 20.5 Å². The van der Waals surface area contributed by atoms with Gasteiger partial charge in [-0.2, -0.15) is 0 Å². The zero-order valence-electron chi connectivity index (χ0n) is 18.6. The molecule has 0 aromatic heterocycles. The number of carbonyl (C=O) groups is 1. The second kappa shape index (κ2) is 9.81. The number of rotatable bonds is 8. The second-order valence-corrected chi connectivity index (χ2v) is 10.7. The van der Waals surface area contributed by atoms with Gasteiger partial charge in [-0.25, -0.2) is 26.7 Å². The Morgan fingerprint density at radius 3 is 1.62 bits per heavy atom. The molecule has 3 aromatic carbocycles. The van der Waals surface area contributed by atoms with Crippen LogP contribution in [0.5, 0.6) is 0 Å². The summed E-state index contributed by atoms with van der Waals surface area (Å²) in [6.45, 7) is 3.60. The minimum absolute atomic E-state index is 0.0565. The number of anilines is 2. The molecule has 0 aliphatic rings. The average molecular weight is 505 g/mol. The fourth-order valence-electron chi connectivity index (χ4n) is 2.90. The van der Waals surface area contributed by atoms with Crippen molar-refractivity contribution in [3.05, 3.63) is 83.4 Å². The standard InChI is InChI=1S/C22H24N4O6S2/c1-15-4-9-18(10-5-15)33(28,29)24-26(21-13-8-17(14-20(21)23)22(27)32-3)25-34(30,31)19-11-6-16(2)7-12-19/h4-14,24-25H,23H2,1-3H3. The van der Waals surface area contributed by atoms with Crippen molar-refractivity contribution >= 4 is 37.4 Å². The Hall–Kier alpha value is -3.45. The smallest absolute Gasteiger partial charge is 0.337 e. The number of aryl methyl sites for hydroxylation is 2. The highest BCUT2D eigenvalue weighted by Crippen LogP contribution is 2.25. The number of esters is 1. The zero-order chi connectivity index (χ0) is 25.1. The molecule has 0 aliphatic heterocycles. The maximum atomic E-state index is 13.0. The Kier molecular flexibility index (Phi) is 7.26. The molecular formula is C22H24N4O6S2. The Morgan fingerprint density at radius 1 is 0.794 bits per heavy atom. The van der Waals surface area contributed by atoms with Crippen LogP contribution in [0.3, 0.4) is 0 Å². The van der Waals surface area contributed by atoms with E-state index in [2.05, 4.69) is 14.4 Å². The molecule has 0 heterocycles. The molecule has 0 saturated heterocycles. The van der Waals surface area contributed by atoms with E-state index < -0.39 is 26.0 Å². The quantitative estimate of drug-likeness (QED) is 0.240. The number of nitrogens with zero attached hydrogens (tertiary/aromatic N) is 1. The van der Waals surface area contributed by atoms with Crippen LogP contribution in [0, 0.1) is 13.8 Å². The van der Waals surface area contributed by atoms with Gasteiger partial charge in [0, 0.05) is 0 Å². The zero-order valence-corrected chi connectivity index (χ0v) is 20.3. The summed E-state index contributed by atoms with van der Waals surface area (Å²) in [4.78, 5) is 16.0. The first kappa shape index (κ1) is 25.2. The van der Waals surface area contributed by atoms with E-state index in [1.54, 1.807) is 38.1 Å². The number of hydrogen-bond donors (Lipinski definition) is 3. The molecule has 0 atom stereocenters. The maximum Gasteiger partial charge on any atom is 0.337 e. The van der Waals surface area contributed by atoms with E-state index >= 15 is 0 Å². The van der Waals surface area contributed by atoms with Crippen LogP contribution in [0.4, 0.5) is 11.4 Å². The number of carbonyl (C=O) groups excluding carboxylic acids is 1. The summed E-state index contributed by atoms with van der Waals surface area (Å²) >= 11 is 0.